The first-order chi connectivity index (χ1) is 26.5. The zero-order chi connectivity index (χ0) is 41.0. The highest BCUT2D eigenvalue weighted by Crippen LogP contribution is 2.30. The molecule has 4 rings (SSSR count). The number of nitrogens with one attached hydrogen (secondary N) is 5. The van der Waals surface area contributed by atoms with Gasteiger partial charge in [0, 0.05) is 18.2 Å². The third kappa shape index (κ3) is 13.5. The average Bonchev–Trinajstić information content (AvgIpc) is 3.65. The van der Waals surface area contributed by atoms with Gasteiger partial charge >= 0.3 is 5.97 Å². The van der Waals surface area contributed by atoms with Crippen molar-refractivity contribution in [2.75, 3.05) is 52.5 Å². The Morgan fingerprint density at radius 3 is 2.05 bits per heavy atom. The van der Waals surface area contributed by atoms with Crippen molar-refractivity contribution in [2.24, 2.45) is 11.8 Å². The van der Waals surface area contributed by atoms with E-state index in [-0.39, 0.29) is 55.6 Å². The highest BCUT2D eigenvalue weighted by Gasteiger charge is 2.50. The van der Waals surface area contributed by atoms with Crippen LogP contribution in [0.4, 0.5) is 0 Å². The summed E-state index contributed by atoms with van der Waals surface area (Å²) in [7, 11) is 0. The van der Waals surface area contributed by atoms with Crippen molar-refractivity contribution < 1.29 is 47.5 Å². The second-order valence-corrected chi connectivity index (χ2v) is 16.1. The van der Waals surface area contributed by atoms with Gasteiger partial charge in [0.1, 0.15) is 37.0 Å². The van der Waals surface area contributed by atoms with E-state index in [1.54, 1.807) is 13.1 Å². The maximum absolute atomic E-state index is 13.3. The third-order valence-electron chi connectivity index (χ3n) is 9.89. The lowest BCUT2D eigenvalue weighted by molar-refractivity contribution is -0.940. The largest absolute Gasteiger partial charge is 0.426 e. The summed E-state index contributed by atoms with van der Waals surface area (Å²) in [5.41, 5.74) is 2.34. The van der Waals surface area contributed by atoms with Crippen LogP contribution in [0.5, 0.6) is 5.75 Å². The average molecular weight is 784 g/mol. The molecule has 0 unspecified atom stereocenters. The zero-order valence-electron chi connectivity index (χ0n) is 33.7. The number of epoxide rings is 1. The maximum atomic E-state index is 13.3. The molecule has 0 saturated carbocycles. The lowest BCUT2D eigenvalue weighted by Gasteiger charge is -2.41. The minimum Gasteiger partial charge on any atom is -0.426 e. The van der Waals surface area contributed by atoms with Crippen LogP contribution < -0.4 is 26.0 Å². The number of rotatable bonds is 21. The summed E-state index contributed by atoms with van der Waals surface area (Å²) in [5.74, 6) is -1.84. The molecule has 1 aromatic heterocycles. The Balaban J connectivity index is 1.29. The summed E-state index contributed by atoms with van der Waals surface area (Å²) >= 11 is 0. The number of hydrogen-bond acceptors (Lipinski definition) is 11. The van der Waals surface area contributed by atoms with Gasteiger partial charge in [-0.2, -0.15) is 0 Å². The number of aryl methyl sites for hydroxylation is 3. The number of benzene rings is 1. The second kappa shape index (κ2) is 19.9. The Hall–Kier alpha value is -4.74. The van der Waals surface area contributed by atoms with Gasteiger partial charge in [-0.05, 0) is 68.7 Å². The molecule has 2 fully saturated rings. The molecule has 2 aliphatic heterocycles. The van der Waals surface area contributed by atoms with Crippen LogP contribution >= 0.6 is 0 Å². The summed E-state index contributed by atoms with van der Waals surface area (Å²) in [6.45, 7) is 15.5. The second-order valence-electron chi connectivity index (χ2n) is 16.1. The van der Waals surface area contributed by atoms with Crippen molar-refractivity contribution in [1.29, 1.82) is 0 Å². The predicted molar refractivity (Wildman–Crippen MR) is 204 cm³/mol. The molecule has 3 heterocycles. The predicted octanol–water partition coefficient (Wildman–Crippen LogP) is 0.959. The number of nitrogens with zero attached hydrogens (tertiary/aromatic N) is 3. The van der Waals surface area contributed by atoms with E-state index in [9.17, 15) is 28.8 Å². The topological polar surface area (TPSA) is 223 Å². The van der Waals surface area contributed by atoms with Gasteiger partial charge in [-0.3, -0.25) is 33.9 Å². The molecule has 2 aromatic rings. The van der Waals surface area contributed by atoms with Crippen molar-refractivity contribution in [3.05, 3.63) is 40.7 Å². The van der Waals surface area contributed by atoms with Gasteiger partial charge in [0.15, 0.2) is 12.3 Å². The van der Waals surface area contributed by atoms with Gasteiger partial charge in [0.25, 0.3) is 5.91 Å². The fraction of sp³-hybridized carbons (Fsp3) is 0.641. The smallest absolute Gasteiger partial charge is 0.311 e. The molecule has 17 heteroatoms. The number of esters is 1. The number of ether oxygens (including phenoxy) is 3. The van der Waals surface area contributed by atoms with Crippen LogP contribution in [-0.2, 0) is 51.2 Å². The molecule has 2 aliphatic rings. The maximum Gasteiger partial charge on any atom is 0.311 e. The Kier molecular flexibility index (Phi) is 15.6. The molecule has 0 radical (unpaired) electrons. The van der Waals surface area contributed by atoms with Crippen LogP contribution in [0.25, 0.3) is 0 Å². The Bertz CT molecular complexity index is 1680. The van der Waals surface area contributed by atoms with E-state index in [0.29, 0.717) is 74.6 Å². The molecule has 0 aliphatic carbocycles. The van der Waals surface area contributed by atoms with Crippen molar-refractivity contribution in [2.45, 2.75) is 98.4 Å². The molecule has 308 valence electrons. The molecule has 3 atom stereocenters. The van der Waals surface area contributed by atoms with Crippen LogP contribution in [0.3, 0.4) is 0 Å². The van der Waals surface area contributed by atoms with E-state index in [2.05, 4.69) is 36.7 Å². The number of carbonyl (C=O) groups excluding carboxylic acids is 6. The van der Waals surface area contributed by atoms with Crippen LogP contribution in [-0.4, -0.2) is 126 Å². The summed E-state index contributed by atoms with van der Waals surface area (Å²) in [5, 5.41) is 20.9. The molecule has 4 amide bonds. The zero-order valence-corrected chi connectivity index (χ0v) is 33.7. The van der Waals surface area contributed by atoms with Crippen molar-refractivity contribution in [1.82, 2.24) is 36.7 Å². The number of quaternary nitrogens is 1. The fourth-order valence-electron chi connectivity index (χ4n) is 6.87. The van der Waals surface area contributed by atoms with E-state index >= 15 is 0 Å². The van der Waals surface area contributed by atoms with Crippen molar-refractivity contribution >= 4 is 35.4 Å². The van der Waals surface area contributed by atoms with Crippen molar-refractivity contribution in [3.8, 4) is 5.75 Å². The number of morpholine rings is 1. The number of carbonyl (C=O) groups is 6. The Morgan fingerprint density at radius 1 is 0.893 bits per heavy atom. The number of aromatic nitrogens is 3. The summed E-state index contributed by atoms with van der Waals surface area (Å²) in [6, 6.07) is 2.24. The monoisotopic (exact) mass is 783 g/mol. The first kappa shape index (κ1) is 44.0. The highest BCUT2D eigenvalue weighted by molar-refractivity contribution is 5.97. The molecule has 5 N–H and O–H groups in total. The van der Waals surface area contributed by atoms with Gasteiger partial charge in [0.05, 0.1) is 51.1 Å². The van der Waals surface area contributed by atoms with E-state index in [1.165, 1.54) is 0 Å². The summed E-state index contributed by atoms with van der Waals surface area (Å²) in [6.07, 6.45) is 2.94. The third-order valence-corrected chi connectivity index (χ3v) is 9.89. The first-order valence-corrected chi connectivity index (χ1v) is 19.4. The van der Waals surface area contributed by atoms with E-state index in [0.717, 1.165) is 16.7 Å². The molecule has 2 saturated heterocycles. The van der Waals surface area contributed by atoms with Crippen LogP contribution in [0.15, 0.2) is 18.3 Å². The first-order valence-electron chi connectivity index (χ1n) is 19.4. The standard InChI is InChI=1S/C39H58N8O9/c1-24(2)14-30(37(52)39(7)23-55-39)43-33(49)20-41-38(53)31(15-25(3)4)44-32(48)19-40-34(50)22-47(10-12-54-13-11-47)21-28-16-26(5)36(27(6)17-28)56-35(51)9-8-29-18-42-46-45-29/h16-18,24-25,30-31H,8-15,19-23H2,1-7H3,(H4-,40,41,42,43,44,45,46,48,49,50,53)/p+1/t30-,31-,39+/m0/s1. The lowest BCUT2D eigenvalue weighted by atomic mass is 9.93. The fourth-order valence-corrected chi connectivity index (χ4v) is 6.87. The lowest BCUT2D eigenvalue weighted by Crippen LogP contribution is -2.59. The number of amides is 4. The summed E-state index contributed by atoms with van der Waals surface area (Å²) < 4.78 is 17.0. The quantitative estimate of drug-likeness (QED) is 0.0519. The molecule has 0 bridgehead atoms. The van der Waals surface area contributed by atoms with Gasteiger partial charge in [-0.1, -0.05) is 32.9 Å². The van der Waals surface area contributed by atoms with Crippen molar-refractivity contribution in [3.63, 3.8) is 0 Å². The Morgan fingerprint density at radius 2 is 1.48 bits per heavy atom. The molecular formula is C39H59N8O9+. The molecular weight excluding hydrogens is 724 g/mol. The summed E-state index contributed by atoms with van der Waals surface area (Å²) in [4.78, 5) is 77.8. The minimum atomic E-state index is -0.945. The number of Topliss-reactive ketones (excluding diaryl/α,β-unsaturated/α-hetero) is 1. The molecule has 17 nitrogen and oxygen atoms in total. The molecule has 56 heavy (non-hydrogen) atoms. The number of aromatic amines is 1. The van der Waals surface area contributed by atoms with Crippen LogP contribution in [0.2, 0.25) is 0 Å². The normalized spacial score (nSPS) is 18.4. The van der Waals surface area contributed by atoms with E-state index in [1.807, 2.05) is 53.7 Å². The number of ketones is 1. The minimum absolute atomic E-state index is 0.0334. The van der Waals surface area contributed by atoms with E-state index in [4.69, 9.17) is 14.2 Å². The van der Waals surface area contributed by atoms with Gasteiger partial charge in [-0.15, -0.1) is 5.10 Å². The van der Waals surface area contributed by atoms with Gasteiger partial charge in [0.2, 0.25) is 17.7 Å². The number of H-pyrrole nitrogens is 1. The van der Waals surface area contributed by atoms with Crippen LogP contribution in [0.1, 0.15) is 76.3 Å². The highest BCUT2D eigenvalue weighted by atomic mass is 16.6. The van der Waals surface area contributed by atoms with Gasteiger partial charge < -0.3 is 40.0 Å². The van der Waals surface area contributed by atoms with Gasteiger partial charge in [-0.25, -0.2) is 0 Å². The SMILES string of the molecule is Cc1cc(C[N+]2(CC(=O)NCC(=O)N[C@@H](CC(C)C)C(=O)NCC(=O)N[C@@H](CC(C)C)C(=O)[C@@]3(C)CO3)CCOCC2)cc(C)c1OC(=O)CCc1c[nH]nn1. The van der Waals surface area contributed by atoms with E-state index < -0.39 is 35.4 Å². The van der Waals surface area contributed by atoms with Crippen LogP contribution in [0, 0.1) is 25.7 Å². The number of hydrogen-bond donors (Lipinski definition) is 5. The molecule has 1 aromatic carbocycles. The molecule has 0 spiro atoms. The Labute approximate surface area is 328 Å².